The van der Waals surface area contributed by atoms with Crippen molar-refractivity contribution in [3.05, 3.63) is 23.0 Å². The second kappa shape index (κ2) is 7.48. The molecule has 0 radical (unpaired) electrons. The van der Waals surface area contributed by atoms with Gasteiger partial charge < -0.3 is 19.4 Å². The molecule has 1 atom stereocenters. The van der Waals surface area contributed by atoms with Gasteiger partial charge in [0.15, 0.2) is 0 Å². The van der Waals surface area contributed by atoms with Crippen LogP contribution in [0.25, 0.3) is 0 Å². The third-order valence-electron chi connectivity index (χ3n) is 2.25. The quantitative estimate of drug-likeness (QED) is 0.281. The van der Waals surface area contributed by atoms with E-state index in [4.69, 9.17) is 16.5 Å². The Labute approximate surface area is 124 Å². The molecule has 0 aliphatic heterocycles. The zero-order chi connectivity index (χ0) is 16.0. The molecule has 0 spiro atoms. The minimum Gasteiger partial charge on any atom is -0.756 e. The number of alkyl halides is 1. The maximum atomic E-state index is 10.9. The highest BCUT2D eigenvalue weighted by Gasteiger charge is 2.12. The lowest BCUT2D eigenvalue weighted by Crippen LogP contribution is -2.18. The molecule has 0 aliphatic carbocycles. The van der Waals surface area contributed by atoms with E-state index in [1.54, 1.807) is 0 Å². The lowest BCUT2D eigenvalue weighted by atomic mass is 10.1. The predicted octanol–water partition coefficient (Wildman–Crippen LogP) is -0.238. The molecule has 1 heterocycles. The second-order valence-electron chi connectivity index (χ2n) is 3.80. The van der Waals surface area contributed by atoms with Crippen molar-refractivity contribution in [3.63, 3.8) is 0 Å². The molecule has 0 fully saturated rings. The van der Waals surface area contributed by atoms with E-state index >= 15 is 0 Å². The van der Waals surface area contributed by atoms with E-state index in [0.717, 1.165) is 6.21 Å². The molecule has 3 N–H and O–H groups in total. The SMILES string of the molecule is Cc1ncc(COP(=O)([O-])O)c(C=NNC(=O)CCl)c1O. The zero-order valence-electron chi connectivity index (χ0n) is 10.8. The summed E-state index contributed by atoms with van der Waals surface area (Å²) in [6.07, 6.45) is 2.33. The topological polar surface area (TPSA) is 144 Å². The number of nitrogens with zero attached hydrogens (tertiary/aromatic N) is 2. The number of carbonyl (C=O) groups is 1. The van der Waals surface area contributed by atoms with Gasteiger partial charge in [-0.15, -0.1) is 11.6 Å². The first-order valence-electron chi connectivity index (χ1n) is 5.48. The van der Waals surface area contributed by atoms with Crippen molar-refractivity contribution in [1.29, 1.82) is 0 Å². The van der Waals surface area contributed by atoms with E-state index in [2.05, 4.69) is 20.0 Å². The Morgan fingerprint density at radius 3 is 2.95 bits per heavy atom. The van der Waals surface area contributed by atoms with Crippen molar-refractivity contribution in [1.82, 2.24) is 10.4 Å². The number of phosphoric ester groups is 1. The molecule has 9 nitrogen and oxygen atoms in total. The van der Waals surface area contributed by atoms with Gasteiger partial charge in [0.25, 0.3) is 13.7 Å². The zero-order valence-corrected chi connectivity index (χ0v) is 12.5. The number of carbonyl (C=O) groups excluding carboxylic acids is 1. The fourth-order valence-electron chi connectivity index (χ4n) is 1.26. The molecular formula is C10H12ClN3O6P-. The lowest BCUT2D eigenvalue weighted by molar-refractivity contribution is -0.220. The highest BCUT2D eigenvalue weighted by atomic mass is 35.5. The van der Waals surface area contributed by atoms with Crippen molar-refractivity contribution in [2.45, 2.75) is 13.5 Å². The summed E-state index contributed by atoms with van der Waals surface area (Å²) in [4.78, 5) is 33.9. The Morgan fingerprint density at radius 1 is 1.71 bits per heavy atom. The van der Waals surface area contributed by atoms with Gasteiger partial charge in [-0.2, -0.15) is 5.10 Å². The third kappa shape index (κ3) is 5.78. The molecule has 1 aromatic rings. The smallest absolute Gasteiger partial charge is 0.265 e. The summed E-state index contributed by atoms with van der Waals surface area (Å²) >= 11 is 5.26. The number of amides is 1. The van der Waals surface area contributed by atoms with E-state index < -0.39 is 20.3 Å². The van der Waals surface area contributed by atoms with Crippen LogP contribution in [0, 0.1) is 6.92 Å². The van der Waals surface area contributed by atoms with Crippen LogP contribution in [-0.4, -0.2) is 33.0 Å². The maximum absolute atomic E-state index is 10.9. The highest BCUT2D eigenvalue weighted by Crippen LogP contribution is 2.33. The fourth-order valence-corrected chi connectivity index (χ4v) is 1.62. The van der Waals surface area contributed by atoms with Crippen LogP contribution >= 0.6 is 19.4 Å². The van der Waals surface area contributed by atoms with Gasteiger partial charge in [0, 0.05) is 17.3 Å². The van der Waals surface area contributed by atoms with Crippen molar-refractivity contribution in [3.8, 4) is 5.75 Å². The van der Waals surface area contributed by atoms with Gasteiger partial charge in [-0.25, -0.2) is 5.43 Å². The number of phosphoric acid groups is 1. The number of halogens is 1. The van der Waals surface area contributed by atoms with E-state index in [0.29, 0.717) is 0 Å². The molecule has 1 rings (SSSR count). The lowest BCUT2D eigenvalue weighted by Gasteiger charge is -2.16. The Hall–Kier alpha value is -1.51. The number of pyridine rings is 1. The molecule has 0 saturated carbocycles. The average Bonchev–Trinajstić information content (AvgIpc) is 2.41. The Bertz CT molecular complexity index is 603. The number of nitrogens with one attached hydrogen (secondary N) is 1. The van der Waals surface area contributed by atoms with Gasteiger partial charge >= 0.3 is 0 Å². The number of aryl methyl sites for hydroxylation is 1. The van der Waals surface area contributed by atoms with Gasteiger partial charge in [-0.1, -0.05) is 0 Å². The Kier molecular flexibility index (Phi) is 6.25. The third-order valence-corrected chi connectivity index (χ3v) is 2.94. The first-order chi connectivity index (χ1) is 9.74. The van der Waals surface area contributed by atoms with Crippen molar-refractivity contribution in [2.24, 2.45) is 5.10 Å². The fraction of sp³-hybridized carbons (Fsp3) is 0.300. The van der Waals surface area contributed by atoms with Gasteiger partial charge in [-0.05, 0) is 6.92 Å². The number of rotatable bonds is 6. The van der Waals surface area contributed by atoms with Crippen LogP contribution in [0.1, 0.15) is 16.8 Å². The summed E-state index contributed by atoms with van der Waals surface area (Å²) in [6.45, 7) is 0.960. The van der Waals surface area contributed by atoms with Crippen LogP contribution in [0.5, 0.6) is 5.75 Å². The van der Waals surface area contributed by atoms with E-state index in [-0.39, 0.29) is 28.5 Å². The van der Waals surface area contributed by atoms with E-state index in [1.165, 1.54) is 13.1 Å². The van der Waals surface area contributed by atoms with Crippen LogP contribution in [-0.2, 0) is 20.5 Å². The molecule has 1 amide bonds. The van der Waals surface area contributed by atoms with Crippen LogP contribution in [0.2, 0.25) is 0 Å². The molecule has 0 aromatic carbocycles. The van der Waals surface area contributed by atoms with Crippen molar-refractivity contribution < 1.29 is 28.8 Å². The first-order valence-corrected chi connectivity index (χ1v) is 7.51. The van der Waals surface area contributed by atoms with Gasteiger partial charge in [0.1, 0.15) is 11.6 Å². The Morgan fingerprint density at radius 2 is 2.38 bits per heavy atom. The molecule has 116 valence electrons. The van der Waals surface area contributed by atoms with Crippen LogP contribution in [0.3, 0.4) is 0 Å². The summed E-state index contributed by atoms with van der Waals surface area (Å²) in [5, 5.41) is 13.4. The van der Waals surface area contributed by atoms with Crippen LogP contribution < -0.4 is 10.3 Å². The molecule has 21 heavy (non-hydrogen) atoms. The van der Waals surface area contributed by atoms with E-state index in [1.807, 2.05) is 0 Å². The summed E-state index contributed by atoms with van der Waals surface area (Å²) in [6, 6.07) is 0. The molecule has 0 saturated heterocycles. The standard InChI is InChI=1S/C10H13ClN3O6P/c1-6-10(16)8(4-13-14-9(15)2-11)7(3-12-6)5-20-21(17,18)19/h3-4,16H,2,5H2,1H3,(H,14,15)(H2,17,18,19)/p-1. The van der Waals surface area contributed by atoms with Crippen LogP contribution in [0.4, 0.5) is 0 Å². The predicted molar refractivity (Wildman–Crippen MR) is 71.7 cm³/mol. The van der Waals surface area contributed by atoms with Gasteiger partial charge in [-0.3, -0.25) is 14.3 Å². The minimum atomic E-state index is -4.92. The summed E-state index contributed by atoms with van der Waals surface area (Å²) in [7, 11) is -4.92. The summed E-state index contributed by atoms with van der Waals surface area (Å²) < 4.78 is 14.8. The average molecular weight is 337 g/mol. The Balaban J connectivity index is 3.00. The molecule has 1 aromatic heterocycles. The van der Waals surface area contributed by atoms with Crippen molar-refractivity contribution in [2.75, 3.05) is 5.88 Å². The molecule has 0 aliphatic rings. The molecule has 0 bridgehead atoms. The van der Waals surface area contributed by atoms with Crippen molar-refractivity contribution >= 4 is 31.5 Å². The van der Waals surface area contributed by atoms with Gasteiger partial charge in [0.05, 0.1) is 18.5 Å². The minimum absolute atomic E-state index is 0.0887. The first kappa shape index (κ1) is 17.5. The highest BCUT2D eigenvalue weighted by molar-refractivity contribution is 7.44. The van der Waals surface area contributed by atoms with E-state index in [9.17, 15) is 19.4 Å². The number of hydrazone groups is 1. The number of aromatic nitrogens is 1. The summed E-state index contributed by atoms with van der Waals surface area (Å²) in [5.74, 6) is -1.12. The summed E-state index contributed by atoms with van der Waals surface area (Å²) in [5.41, 5.74) is 2.58. The molecular weight excluding hydrogens is 325 g/mol. The largest absolute Gasteiger partial charge is 0.756 e. The maximum Gasteiger partial charge on any atom is 0.265 e. The van der Waals surface area contributed by atoms with Crippen LogP contribution in [0.15, 0.2) is 11.3 Å². The van der Waals surface area contributed by atoms with Gasteiger partial charge in [0.2, 0.25) is 0 Å². The second-order valence-corrected chi connectivity index (χ2v) is 5.26. The number of hydrogen-bond donors (Lipinski definition) is 3. The normalized spacial score (nSPS) is 14.1. The number of hydrogen-bond acceptors (Lipinski definition) is 7. The molecule has 1 unspecified atom stereocenters. The monoisotopic (exact) mass is 336 g/mol. The number of aromatic hydroxyl groups is 1. The molecule has 11 heteroatoms.